The summed E-state index contributed by atoms with van der Waals surface area (Å²) >= 11 is 0. The lowest BCUT2D eigenvalue weighted by atomic mass is 10.1. The number of aromatic amines is 1. The molecule has 1 heterocycles. The molecule has 0 atom stereocenters. The summed E-state index contributed by atoms with van der Waals surface area (Å²) in [6, 6.07) is 16.9. The van der Waals surface area contributed by atoms with Crippen LogP contribution in [0.25, 0.3) is 11.4 Å². The van der Waals surface area contributed by atoms with Gasteiger partial charge in [0.05, 0.1) is 0 Å². The molecule has 0 bridgehead atoms. The van der Waals surface area contributed by atoms with Crippen LogP contribution in [0.15, 0.2) is 54.6 Å². The van der Waals surface area contributed by atoms with Crippen LogP contribution >= 0.6 is 0 Å². The van der Waals surface area contributed by atoms with E-state index < -0.39 is 0 Å². The number of tetrazole rings is 1. The summed E-state index contributed by atoms with van der Waals surface area (Å²) in [6.45, 7) is 0.506. The van der Waals surface area contributed by atoms with Gasteiger partial charge in [0.25, 0.3) is 5.91 Å². The van der Waals surface area contributed by atoms with Crippen LogP contribution in [0.4, 0.5) is 0 Å². The predicted molar refractivity (Wildman–Crippen MR) is 77.2 cm³/mol. The van der Waals surface area contributed by atoms with E-state index in [4.69, 9.17) is 0 Å². The maximum absolute atomic E-state index is 12.1. The van der Waals surface area contributed by atoms with Crippen molar-refractivity contribution < 1.29 is 4.79 Å². The second-order valence-corrected chi connectivity index (χ2v) is 4.48. The molecule has 0 radical (unpaired) electrons. The fourth-order valence-corrected chi connectivity index (χ4v) is 1.94. The Morgan fingerprint density at radius 2 is 1.81 bits per heavy atom. The maximum Gasteiger partial charge on any atom is 0.251 e. The van der Waals surface area contributed by atoms with Gasteiger partial charge in [-0.05, 0) is 22.9 Å². The highest BCUT2D eigenvalue weighted by atomic mass is 16.1. The minimum atomic E-state index is -0.112. The molecule has 1 aromatic heterocycles. The topological polar surface area (TPSA) is 83.6 Å². The number of H-pyrrole nitrogens is 1. The van der Waals surface area contributed by atoms with Gasteiger partial charge in [0.2, 0.25) is 5.82 Å². The molecule has 104 valence electrons. The number of benzene rings is 2. The number of nitrogens with one attached hydrogen (secondary N) is 2. The Morgan fingerprint density at radius 3 is 2.48 bits per heavy atom. The normalized spacial score (nSPS) is 10.3. The molecule has 2 N–H and O–H groups in total. The van der Waals surface area contributed by atoms with Crippen LogP contribution in [0.3, 0.4) is 0 Å². The monoisotopic (exact) mass is 279 g/mol. The number of amides is 1. The number of hydrogen-bond acceptors (Lipinski definition) is 4. The molecule has 0 saturated heterocycles. The number of nitrogens with zero attached hydrogens (tertiary/aromatic N) is 3. The van der Waals surface area contributed by atoms with Crippen LogP contribution in [0, 0.1) is 0 Å². The van der Waals surface area contributed by atoms with Crippen molar-refractivity contribution >= 4 is 5.91 Å². The first-order chi connectivity index (χ1) is 10.3. The molecule has 0 aliphatic rings. The van der Waals surface area contributed by atoms with E-state index in [2.05, 4.69) is 25.9 Å². The van der Waals surface area contributed by atoms with Gasteiger partial charge in [-0.25, -0.2) is 0 Å². The third kappa shape index (κ3) is 3.11. The van der Waals surface area contributed by atoms with E-state index in [-0.39, 0.29) is 5.91 Å². The molecule has 6 nitrogen and oxygen atoms in total. The van der Waals surface area contributed by atoms with Gasteiger partial charge in [-0.2, -0.15) is 5.21 Å². The molecule has 21 heavy (non-hydrogen) atoms. The molecular formula is C15H13N5O. The minimum Gasteiger partial charge on any atom is -0.348 e. The third-order valence-corrected chi connectivity index (χ3v) is 3.05. The number of hydrogen-bond donors (Lipinski definition) is 2. The summed E-state index contributed by atoms with van der Waals surface area (Å²) in [4.78, 5) is 12.1. The van der Waals surface area contributed by atoms with Gasteiger partial charge in [0, 0.05) is 17.7 Å². The Labute approximate surface area is 121 Å². The van der Waals surface area contributed by atoms with Crippen LogP contribution < -0.4 is 5.32 Å². The molecule has 0 unspecified atom stereocenters. The Morgan fingerprint density at radius 1 is 1.05 bits per heavy atom. The van der Waals surface area contributed by atoms with E-state index in [1.165, 1.54) is 0 Å². The maximum atomic E-state index is 12.1. The van der Waals surface area contributed by atoms with Crippen molar-refractivity contribution in [3.05, 3.63) is 65.7 Å². The standard InChI is InChI=1S/C15H13N5O/c21-15(16-10-11-4-2-1-3-5-11)13-8-6-12(7-9-13)14-17-19-20-18-14/h1-9H,10H2,(H,16,21)(H,17,18,19,20). The van der Waals surface area contributed by atoms with Crippen molar-refractivity contribution in [1.82, 2.24) is 25.9 Å². The van der Waals surface area contributed by atoms with E-state index in [1.54, 1.807) is 24.3 Å². The van der Waals surface area contributed by atoms with Gasteiger partial charge < -0.3 is 5.32 Å². The van der Waals surface area contributed by atoms with Gasteiger partial charge >= 0.3 is 0 Å². The second-order valence-electron chi connectivity index (χ2n) is 4.48. The molecule has 6 heteroatoms. The van der Waals surface area contributed by atoms with Crippen LogP contribution in [-0.2, 0) is 6.54 Å². The molecule has 0 aliphatic heterocycles. The van der Waals surface area contributed by atoms with E-state index >= 15 is 0 Å². The first kappa shape index (κ1) is 13.0. The van der Waals surface area contributed by atoms with Crippen LogP contribution in [-0.4, -0.2) is 26.5 Å². The van der Waals surface area contributed by atoms with Gasteiger partial charge in [-0.1, -0.05) is 42.5 Å². The highest BCUT2D eigenvalue weighted by Crippen LogP contribution is 2.14. The molecule has 0 spiro atoms. The summed E-state index contributed by atoms with van der Waals surface area (Å²) in [5.74, 6) is 0.393. The van der Waals surface area contributed by atoms with Crippen molar-refractivity contribution in [2.24, 2.45) is 0 Å². The lowest BCUT2D eigenvalue weighted by molar-refractivity contribution is 0.0951. The molecule has 3 aromatic rings. The first-order valence-electron chi connectivity index (χ1n) is 6.49. The highest BCUT2D eigenvalue weighted by molar-refractivity contribution is 5.94. The number of carbonyl (C=O) groups excluding carboxylic acids is 1. The van der Waals surface area contributed by atoms with Gasteiger partial charge in [-0.3, -0.25) is 4.79 Å². The summed E-state index contributed by atoms with van der Waals surface area (Å²) < 4.78 is 0. The Hall–Kier alpha value is -3.02. The molecule has 1 amide bonds. The smallest absolute Gasteiger partial charge is 0.251 e. The zero-order chi connectivity index (χ0) is 14.5. The molecule has 0 fully saturated rings. The molecular weight excluding hydrogens is 266 g/mol. The van der Waals surface area contributed by atoms with Gasteiger partial charge in [0.15, 0.2) is 0 Å². The van der Waals surface area contributed by atoms with Crippen LogP contribution in [0.1, 0.15) is 15.9 Å². The van der Waals surface area contributed by atoms with Crippen molar-refractivity contribution in [2.45, 2.75) is 6.54 Å². The summed E-state index contributed by atoms with van der Waals surface area (Å²) in [5.41, 5.74) is 2.47. The average molecular weight is 279 g/mol. The fourth-order valence-electron chi connectivity index (χ4n) is 1.94. The van der Waals surface area contributed by atoms with Crippen LogP contribution in [0.2, 0.25) is 0 Å². The Balaban J connectivity index is 1.65. The summed E-state index contributed by atoms with van der Waals surface area (Å²) in [6.07, 6.45) is 0. The Bertz CT molecular complexity index is 708. The molecule has 2 aromatic carbocycles. The zero-order valence-electron chi connectivity index (χ0n) is 11.2. The summed E-state index contributed by atoms with van der Waals surface area (Å²) in [7, 11) is 0. The average Bonchev–Trinajstić information content (AvgIpc) is 3.08. The second kappa shape index (κ2) is 5.96. The predicted octanol–water partition coefficient (Wildman–Crippen LogP) is 1.80. The number of carbonyl (C=O) groups is 1. The molecule has 3 rings (SSSR count). The fraction of sp³-hybridized carbons (Fsp3) is 0.0667. The van der Waals surface area contributed by atoms with E-state index in [0.29, 0.717) is 17.9 Å². The highest BCUT2D eigenvalue weighted by Gasteiger charge is 2.07. The zero-order valence-corrected chi connectivity index (χ0v) is 11.2. The van der Waals surface area contributed by atoms with E-state index in [9.17, 15) is 4.79 Å². The number of rotatable bonds is 4. The lowest BCUT2D eigenvalue weighted by Gasteiger charge is -2.05. The Kier molecular flexibility index (Phi) is 3.68. The third-order valence-electron chi connectivity index (χ3n) is 3.05. The minimum absolute atomic E-state index is 0.112. The molecule has 0 saturated carbocycles. The largest absolute Gasteiger partial charge is 0.348 e. The van der Waals surface area contributed by atoms with E-state index in [1.807, 2.05) is 30.3 Å². The van der Waals surface area contributed by atoms with Crippen molar-refractivity contribution in [2.75, 3.05) is 0 Å². The van der Waals surface area contributed by atoms with Gasteiger partial charge in [0.1, 0.15) is 0 Å². The van der Waals surface area contributed by atoms with Gasteiger partial charge in [-0.15, -0.1) is 10.2 Å². The van der Waals surface area contributed by atoms with Crippen molar-refractivity contribution in [3.8, 4) is 11.4 Å². The molecule has 0 aliphatic carbocycles. The first-order valence-corrected chi connectivity index (χ1v) is 6.49. The lowest BCUT2D eigenvalue weighted by Crippen LogP contribution is -2.22. The SMILES string of the molecule is O=C(NCc1ccccc1)c1ccc(-c2nn[nH]n2)cc1. The number of aromatic nitrogens is 4. The quantitative estimate of drug-likeness (QED) is 0.762. The van der Waals surface area contributed by atoms with Crippen molar-refractivity contribution in [1.29, 1.82) is 0 Å². The summed E-state index contributed by atoms with van der Waals surface area (Å²) in [5, 5.41) is 16.6. The van der Waals surface area contributed by atoms with Crippen LogP contribution in [0.5, 0.6) is 0 Å². The van der Waals surface area contributed by atoms with E-state index in [0.717, 1.165) is 11.1 Å². The van der Waals surface area contributed by atoms with Crippen molar-refractivity contribution in [3.63, 3.8) is 0 Å².